The first-order valence-electron chi connectivity index (χ1n) is 6.49. The van der Waals surface area contributed by atoms with E-state index in [4.69, 9.17) is 32.7 Å². The highest BCUT2D eigenvalue weighted by Gasteiger charge is 2.10. The number of pyridine rings is 1. The van der Waals surface area contributed by atoms with E-state index in [0.29, 0.717) is 34.9 Å². The zero-order valence-electron chi connectivity index (χ0n) is 11.8. The minimum Gasteiger partial charge on any atom is -0.497 e. The fourth-order valence-corrected chi connectivity index (χ4v) is 2.24. The zero-order chi connectivity index (χ0) is 15.2. The fourth-order valence-electron chi connectivity index (χ4n) is 1.76. The van der Waals surface area contributed by atoms with Gasteiger partial charge in [-0.15, -0.1) is 0 Å². The lowest BCUT2D eigenvalue weighted by atomic mass is 10.2. The molecule has 4 nitrogen and oxygen atoms in total. The van der Waals surface area contributed by atoms with Gasteiger partial charge in [-0.2, -0.15) is 4.98 Å². The first kappa shape index (κ1) is 15.7. The second-order valence-electron chi connectivity index (χ2n) is 4.28. The highest BCUT2D eigenvalue weighted by atomic mass is 35.5. The van der Waals surface area contributed by atoms with Crippen LogP contribution >= 0.6 is 23.2 Å². The number of aromatic nitrogens is 1. The number of nitrogens with one attached hydrogen (secondary N) is 1. The van der Waals surface area contributed by atoms with Gasteiger partial charge in [0.1, 0.15) is 23.2 Å². The van der Waals surface area contributed by atoms with Crippen molar-refractivity contribution in [3.8, 4) is 11.6 Å². The highest BCUT2D eigenvalue weighted by molar-refractivity contribution is 6.36. The molecule has 1 aromatic heterocycles. The van der Waals surface area contributed by atoms with Crippen molar-refractivity contribution in [1.82, 2.24) is 4.98 Å². The monoisotopic (exact) mass is 326 g/mol. The minimum atomic E-state index is 0.344. The van der Waals surface area contributed by atoms with E-state index < -0.39 is 0 Å². The molecule has 0 aliphatic heterocycles. The molecule has 0 radical (unpaired) electrons. The summed E-state index contributed by atoms with van der Waals surface area (Å²) in [6, 6.07) is 9.24. The molecule has 112 valence electrons. The predicted molar refractivity (Wildman–Crippen MR) is 85.7 cm³/mol. The van der Waals surface area contributed by atoms with Gasteiger partial charge in [0.25, 0.3) is 0 Å². The van der Waals surface area contributed by atoms with Crippen LogP contribution in [-0.4, -0.2) is 18.6 Å². The normalized spacial score (nSPS) is 10.3. The number of rotatable bonds is 6. The van der Waals surface area contributed by atoms with Crippen molar-refractivity contribution < 1.29 is 9.47 Å². The summed E-state index contributed by atoms with van der Waals surface area (Å²) in [5, 5.41) is 3.91. The van der Waals surface area contributed by atoms with Crippen molar-refractivity contribution in [3.63, 3.8) is 0 Å². The molecule has 0 spiro atoms. The number of anilines is 1. The highest BCUT2D eigenvalue weighted by Crippen LogP contribution is 2.31. The van der Waals surface area contributed by atoms with Gasteiger partial charge in [-0.3, -0.25) is 0 Å². The molecule has 0 fully saturated rings. The van der Waals surface area contributed by atoms with E-state index in [2.05, 4.69) is 10.3 Å². The standard InChI is InChI=1S/C15H16Cl2N2O2/c1-3-18-14-12(16)8-13(17)15(19-14)21-9-10-5-4-6-11(7-10)20-2/h4-8H,3,9H2,1-2H3,(H,18,19). The molecule has 0 saturated heterocycles. The average molecular weight is 327 g/mol. The van der Waals surface area contributed by atoms with Gasteiger partial charge < -0.3 is 14.8 Å². The lowest BCUT2D eigenvalue weighted by Gasteiger charge is -2.11. The van der Waals surface area contributed by atoms with Crippen LogP contribution in [-0.2, 0) is 6.61 Å². The Morgan fingerprint density at radius 2 is 2.00 bits per heavy atom. The second kappa shape index (κ2) is 7.38. The maximum Gasteiger partial charge on any atom is 0.234 e. The third kappa shape index (κ3) is 4.16. The van der Waals surface area contributed by atoms with Crippen LogP contribution in [0.2, 0.25) is 10.0 Å². The number of nitrogens with zero attached hydrogens (tertiary/aromatic N) is 1. The van der Waals surface area contributed by atoms with Crippen molar-refractivity contribution >= 4 is 29.0 Å². The molecule has 2 aromatic rings. The molecule has 0 bridgehead atoms. The number of methoxy groups -OCH3 is 1. The Labute approximate surface area is 134 Å². The molecule has 0 saturated carbocycles. The van der Waals surface area contributed by atoms with Gasteiger partial charge in [-0.25, -0.2) is 0 Å². The number of ether oxygens (including phenoxy) is 2. The second-order valence-corrected chi connectivity index (χ2v) is 5.09. The summed E-state index contributed by atoms with van der Waals surface area (Å²) >= 11 is 12.2. The van der Waals surface area contributed by atoms with E-state index in [0.717, 1.165) is 11.3 Å². The van der Waals surface area contributed by atoms with Gasteiger partial charge in [0.2, 0.25) is 5.88 Å². The van der Waals surface area contributed by atoms with Gasteiger partial charge in [-0.1, -0.05) is 35.3 Å². The number of halogens is 2. The Morgan fingerprint density at radius 1 is 1.19 bits per heavy atom. The van der Waals surface area contributed by atoms with Crippen molar-refractivity contribution in [2.75, 3.05) is 19.0 Å². The average Bonchev–Trinajstić information content (AvgIpc) is 2.49. The molecule has 0 atom stereocenters. The van der Waals surface area contributed by atoms with Gasteiger partial charge in [0.05, 0.1) is 12.1 Å². The largest absolute Gasteiger partial charge is 0.497 e. The van der Waals surface area contributed by atoms with Crippen LogP contribution in [0.25, 0.3) is 0 Å². The van der Waals surface area contributed by atoms with Gasteiger partial charge >= 0.3 is 0 Å². The summed E-state index contributed by atoms with van der Waals surface area (Å²) in [7, 11) is 1.63. The van der Waals surface area contributed by atoms with E-state index in [1.165, 1.54) is 0 Å². The van der Waals surface area contributed by atoms with Crippen LogP contribution in [0.1, 0.15) is 12.5 Å². The van der Waals surface area contributed by atoms with Crippen LogP contribution in [0, 0.1) is 0 Å². The molecular formula is C15H16Cl2N2O2. The third-order valence-electron chi connectivity index (χ3n) is 2.75. The molecule has 1 N–H and O–H groups in total. The van der Waals surface area contributed by atoms with Crippen LogP contribution < -0.4 is 14.8 Å². The molecule has 0 amide bonds. The molecule has 1 aromatic carbocycles. The topological polar surface area (TPSA) is 43.4 Å². The van der Waals surface area contributed by atoms with Crippen molar-refractivity contribution in [2.24, 2.45) is 0 Å². The van der Waals surface area contributed by atoms with Gasteiger partial charge in [-0.05, 0) is 30.7 Å². The summed E-state index contributed by atoms with van der Waals surface area (Å²) in [6.07, 6.45) is 0. The van der Waals surface area contributed by atoms with E-state index in [9.17, 15) is 0 Å². The summed E-state index contributed by atoms with van der Waals surface area (Å²) < 4.78 is 10.8. The van der Waals surface area contributed by atoms with Crippen LogP contribution in [0.5, 0.6) is 11.6 Å². The van der Waals surface area contributed by atoms with Crippen LogP contribution in [0.15, 0.2) is 30.3 Å². The minimum absolute atomic E-state index is 0.344. The van der Waals surface area contributed by atoms with Crippen molar-refractivity contribution in [3.05, 3.63) is 45.9 Å². The summed E-state index contributed by atoms with van der Waals surface area (Å²) in [5.41, 5.74) is 0.965. The zero-order valence-corrected chi connectivity index (χ0v) is 13.3. The Kier molecular flexibility index (Phi) is 5.53. The Morgan fingerprint density at radius 3 is 2.71 bits per heavy atom. The van der Waals surface area contributed by atoms with E-state index >= 15 is 0 Å². The summed E-state index contributed by atoms with van der Waals surface area (Å²) in [4.78, 5) is 4.29. The van der Waals surface area contributed by atoms with Gasteiger partial charge in [0, 0.05) is 6.54 Å². The molecule has 2 rings (SSSR count). The lowest BCUT2D eigenvalue weighted by Crippen LogP contribution is -2.03. The van der Waals surface area contributed by atoms with Crippen LogP contribution in [0.4, 0.5) is 5.82 Å². The quantitative estimate of drug-likeness (QED) is 0.853. The van der Waals surface area contributed by atoms with E-state index in [-0.39, 0.29) is 0 Å². The molecule has 6 heteroatoms. The number of hydrogen-bond acceptors (Lipinski definition) is 4. The Balaban J connectivity index is 2.13. The van der Waals surface area contributed by atoms with E-state index in [1.54, 1.807) is 13.2 Å². The first-order valence-corrected chi connectivity index (χ1v) is 7.25. The SMILES string of the molecule is CCNc1nc(OCc2cccc(OC)c2)c(Cl)cc1Cl. The van der Waals surface area contributed by atoms with E-state index in [1.807, 2.05) is 31.2 Å². The van der Waals surface area contributed by atoms with Crippen molar-refractivity contribution in [1.29, 1.82) is 0 Å². The number of benzene rings is 1. The van der Waals surface area contributed by atoms with Gasteiger partial charge in [0.15, 0.2) is 0 Å². The molecule has 0 unspecified atom stereocenters. The Hall–Kier alpha value is -1.65. The molecule has 0 aliphatic rings. The molecule has 0 aliphatic carbocycles. The lowest BCUT2D eigenvalue weighted by molar-refractivity contribution is 0.293. The molecule has 21 heavy (non-hydrogen) atoms. The fraction of sp³-hybridized carbons (Fsp3) is 0.267. The first-order chi connectivity index (χ1) is 10.1. The maximum atomic E-state index is 6.10. The molecular weight excluding hydrogens is 311 g/mol. The van der Waals surface area contributed by atoms with Crippen molar-refractivity contribution in [2.45, 2.75) is 13.5 Å². The summed E-state index contributed by atoms with van der Waals surface area (Å²) in [5.74, 6) is 1.68. The van der Waals surface area contributed by atoms with Crippen LogP contribution in [0.3, 0.4) is 0 Å². The Bertz CT molecular complexity index is 621. The maximum absolute atomic E-state index is 6.10. The smallest absolute Gasteiger partial charge is 0.234 e. The molecule has 1 heterocycles. The predicted octanol–water partition coefficient (Wildman–Crippen LogP) is 4.41. The summed E-state index contributed by atoms with van der Waals surface area (Å²) in [6.45, 7) is 3.02. The number of hydrogen-bond donors (Lipinski definition) is 1. The third-order valence-corrected chi connectivity index (χ3v) is 3.31.